The smallest absolute Gasteiger partial charge is 0.177 e. The number of nitrogens with two attached hydrogens (primary N) is 1. The largest absolute Gasteiger partial charge is 0.486 e. The van der Waals surface area contributed by atoms with E-state index in [1.807, 2.05) is 0 Å². The van der Waals surface area contributed by atoms with Gasteiger partial charge in [-0.1, -0.05) is 0 Å². The summed E-state index contributed by atoms with van der Waals surface area (Å²) < 4.78 is 4.43. The van der Waals surface area contributed by atoms with Crippen LogP contribution in [0.3, 0.4) is 0 Å². The summed E-state index contributed by atoms with van der Waals surface area (Å²) in [5.41, 5.74) is 4.73. The Kier molecular flexibility index (Phi) is 3.95. The number of hydrogen-bond acceptors (Lipinski definition) is 5. The molecule has 0 saturated heterocycles. The number of allylic oxidation sites excluding steroid dienone is 2. The summed E-state index contributed by atoms with van der Waals surface area (Å²) in [6.45, 7) is 0. The second kappa shape index (κ2) is 4.83. The van der Waals surface area contributed by atoms with Gasteiger partial charge in [0.2, 0.25) is 0 Å². The Bertz CT molecular complexity index is 265. The van der Waals surface area contributed by atoms with E-state index >= 15 is 0 Å². The van der Waals surface area contributed by atoms with Crippen molar-refractivity contribution in [2.24, 2.45) is 10.7 Å². The standard InChI is InChI=1S/C6H6N4O/c1-11-4-10-6(3-8)5(9)2-7/h4H,9H2,1H3/b6-5-,10-4?. The molecule has 0 unspecified atom stereocenters. The first-order valence-corrected chi connectivity index (χ1v) is 2.61. The highest BCUT2D eigenvalue weighted by Crippen LogP contribution is 1.96. The molecule has 0 aliphatic carbocycles. The summed E-state index contributed by atoms with van der Waals surface area (Å²) in [6.07, 6.45) is 1.03. The molecule has 0 saturated carbocycles. The van der Waals surface area contributed by atoms with E-state index in [1.54, 1.807) is 12.1 Å². The van der Waals surface area contributed by atoms with Gasteiger partial charge in [0.05, 0.1) is 7.11 Å². The monoisotopic (exact) mass is 150 g/mol. The average molecular weight is 150 g/mol. The van der Waals surface area contributed by atoms with Crippen molar-refractivity contribution >= 4 is 6.40 Å². The molecule has 0 aliphatic rings. The second-order valence-corrected chi connectivity index (χ2v) is 1.46. The quantitative estimate of drug-likeness (QED) is 0.337. The van der Waals surface area contributed by atoms with E-state index in [2.05, 4.69) is 9.73 Å². The number of ether oxygens (including phenoxy) is 1. The normalized spacial score (nSPS) is 11.5. The molecule has 5 heteroatoms. The van der Waals surface area contributed by atoms with Crippen LogP contribution < -0.4 is 5.73 Å². The number of rotatable bonds is 2. The van der Waals surface area contributed by atoms with Gasteiger partial charge in [0, 0.05) is 0 Å². The predicted molar refractivity (Wildman–Crippen MR) is 37.9 cm³/mol. The molecule has 0 rings (SSSR count). The van der Waals surface area contributed by atoms with Crippen LogP contribution in [-0.2, 0) is 4.74 Å². The van der Waals surface area contributed by atoms with E-state index in [0.29, 0.717) is 0 Å². The molecule has 0 heterocycles. The van der Waals surface area contributed by atoms with Crippen molar-refractivity contribution in [1.29, 1.82) is 10.5 Å². The van der Waals surface area contributed by atoms with Gasteiger partial charge in [0.15, 0.2) is 12.1 Å². The molecule has 0 radical (unpaired) electrons. The van der Waals surface area contributed by atoms with E-state index in [4.69, 9.17) is 16.3 Å². The van der Waals surface area contributed by atoms with Crippen LogP contribution in [0.2, 0.25) is 0 Å². The van der Waals surface area contributed by atoms with Gasteiger partial charge in [-0.25, -0.2) is 4.99 Å². The number of methoxy groups -OCH3 is 1. The third kappa shape index (κ3) is 2.87. The summed E-state index contributed by atoms with van der Waals surface area (Å²) >= 11 is 0. The molecule has 0 aliphatic heterocycles. The molecule has 56 valence electrons. The van der Waals surface area contributed by atoms with Gasteiger partial charge < -0.3 is 10.5 Å². The first-order valence-electron chi connectivity index (χ1n) is 2.61. The number of aliphatic imine (C=N–C) groups is 1. The molecule has 0 aromatic carbocycles. The average Bonchev–Trinajstić information content (AvgIpc) is 2.05. The first kappa shape index (κ1) is 8.99. The van der Waals surface area contributed by atoms with E-state index in [1.165, 1.54) is 7.11 Å². The lowest BCUT2D eigenvalue weighted by atomic mass is 10.4. The Morgan fingerprint density at radius 2 is 2.18 bits per heavy atom. The van der Waals surface area contributed by atoms with Crippen LogP contribution in [0, 0.1) is 22.7 Å². The molecule has 0 aromatic heterocycles. The van der Waals surface area contributed by atoms with Crippen molar-refractivity contribution in [3.63, 3.8) is 0 Å². The molecule has 2 N–H and O–H groups in total. The van der Waals surface area contributed by atoms with E-state index in [0.717, 1.165) is 6.40 Å². The van der Waals surface area contributed by atoms with Gasteiger partial charge in [0.25, 0.3) is 0 Å². The minimum Gasteiger partial charge on any atom is -0.486 e. The van der Waals surface area contributed by atoms with E-state index in [9.17, 15) is 0 Å². The molecule has 5 nitrogen and oxygen atoms in total. The van der Waals surface area contributed by atoms with Crippen molar-refractivity contribution in [1.82, 2.24) is 0 Å². The highest BCUT2D eigenvalue weighted by Gasteiger charge is 1.97. The molecule has 0 bridgehead atoms. The highest BCUT2D eigenvalue weighted by atomic mass is 16.5. The van der Waals surface area contributed by atoms with Gasteiger partial charge in [-0.05, 0) is 0 Å². The first-order chi connectivity index (χ1) is 5.26. The maximum Gasteiger partial charge on any atom is 0.177 e. The fourth-order valence-electron chi connectivity index (χ4n) is 0.317. The lowest BCUT2D eigenvalue weighted by Gasteiger charge is -1.88. The Morgan fingerprint density at radius 1 is 1.55 bits per heavy atom. The summed E-state index contributed by atoms with van der Waals surface area (Å²) in [4.78, 5) is 3.46. The molecular weight excluding hydrogens is 144 g/mol. The van der Waals surface area contributed by atoms with Gasteiger partial charge in [-0.3, -0.25) is 0 Å². The van der Waals surface area contributed by atoms with Crippen LogP contribution in [0.15, 0.2) is 16.4 Å². The molecular formula is C6H6N4O. The van der Waals surface area contributed by atoms with Gasteiger partial charge in [-0.15, -0.1) is 0 Å². The van der Waals surface area contributed by atoms with Crippen molar-refractivity contribution in [3.05, 3.63) is 11.4 Å². The topological polar surface area (TPSA) is 95.2 Å². The lowest BCUT2D eigenvalue weighted by molar-refractivity contribution is 0.422. The SMILES string of the molecule is COC=N/C(C#N)=C(\N)C#N. The van der Waals surface area contributed by atoms with Crippen LogP contribution in [0.4, 0.5) is 0 Å². The highest BCUT2D eigenvalue weighted by molar-refractivity contribution is 5.52. The summed E-state index contributed by atoms with van der Waals surface area (Å²) in [5.74, 6) is 0. The zero-order valence-electron chi connectivity index (χ0n) is 5.90. The number of nitriles is 2. The molecule has 0 atom stereocenters. The third-order valence-corrected chi connectivity index (χ3v) is 0.769. The fraction of sp³-hybridized carbons (Fsp3) is 0.167. The van der Waals surface area contributed by atoms with Crippen molar-refractivity contribution in [2.45, 2.75) is 0 Å². The Morgan fingerprint density at radius 3 is 2.55 bits per heavy atom. The second-order valence-electron chi connectivity index (χ2n) is 1.46. The van der Waals surface area contributed by atoms with Gasteiger partial charge in [0.1, 0.15) is 17.8 Å². The Labute approximate surface area is 64.0 Å². The Balaban J connectivity index is 4.60. The molecule has 11 heavy (non-hydrogen) atoms. The van der Waals surface area contributed by atoms with E-state index < -0.39 is 0 Å². The lowest BCUT2D eigenvalue weighted by Crippen LogP contribution is -1.97. The minimum atomic E-state index is -0.221. The molecule has 0 spiro atoms. The van der Waals surface area contributed by atoms with Gasteiger partial charge >= 0.3 is 0 Å². The summed E-state index contributed by atoms with van der Waals surface area (Å²) in [5, 5.41) is 16.6. The van der Waals surface area contributed by atoms with Crippen molar-refractivity contribution < 1.29 is 4.74 Å². The number of nitrogens with zero attached hydrogens (tertiary/aromatic N) is 3. The maximum absolute atomic E-state index is 8.35. The van der Waals surface area contributed by atoms with Crippen LogP contribution in [0.1, 0.15) is 0 Å². The van der Waals surface area contributed by atoms with Crippen LogP contribution in [0.5, 0.6) is 0 Å². The third-order valence-electron chi connectivity index (χ3n) is 0.769. The maximum atomic E-state index is 8.35. The molecule has 0 aromatic rings. The van der Waals surface area contributed by atoms with E-state index in [-0.39, 0.29) is 11.4 Å². The predicted octanol–water partition coefficient (Wildman–Crippen LogP) is -0.121. The Hall–Kier alpha value is -2.01. The number of hydrogen-bond donors (Lipinski definition) is 1. The molecule has 0 fully saturated rings. The summed E-state index contributed by atoms with van der Waals surface area (Å²) in [7, 11) is 1.38. The summed E-state index contributed by atoms with van der Waals surface area (Å²) in [6, 6.07) is 3.23. The van der Waals surface area contributed by atoms with Crippen LogP contribution >= 0.6 is 0 Å². The van der Waals surface area contributed by atoms with Gasteiger partial charge in [-0.2, -0.15) is 10.5 Å². The van der Waals surface area contributed by atoms with Crippen molar-refractivity contribution in [3.8, 4) is 12.1 Å². The zero-order valence-corrected chi connectivity index (χ0v) is 5.90. The van der Waals surface area contributed by atoms with Crippen LogP contribution in [-0.4, -0.2) is 13.5 Å². The molecule has 0 amide bonds. The zero-order chi connectivity index (χ0) is 8.69. The minimum absolute atomic E-state index is 0.144. The van der Waals surface area contributed by atoms with Crippen LogP contribution in [0.25, 0.3) is 0 Å². The fourth-order valence-corrected chi connectivity index (χ4v) is 0.317. The van der Waals surface area contributed by atoms with Crippen molar-refractivity contribution in [2.75, 3.05) is 7.11 Å².